The van der Waals surface area contributed by atoms with Crippen LogP contribution in [0.1, 0.15) is 15.9 Å². The van der Waals surface area contributed by atoms with Gasteiger partial charge < -0.3 is 19.8 Å². The second-order valence-electron chi connectivity index (χ2n) is 3.93. The number of carbonyl (C=O) groups is 1. The molecule has 20 heavy (non-hydrogen) atoms. The molecule has 6 nitrogen and oxygen atoms in total. The maximum absolute atomic E-state index is 12.3. The van der Waals surface area contributed by atoms with E-state index in [-0.39, 0.29) is 25.7 Å². The fourth-order valence-corrected chi connectivity index (χ4v) is 1.59. The van der Waals surface area contributed by atoms with Crippen LogP contribution in [0, 0.1) is 11.8 Å². The van der Waals surface area contributed by atoms with Gasteiger partial charge in [-0.05, 0) is 6.07 Å². The highest BCUT2D eigenvalue weighted by Gasteiger charge is 2.15. The van der Waals surface area contributed by atoms with E-state index < -0.39 is 0 Å². The molecule has 1 amide bonds. The lowest BCUT2D eigenvalue weighted by atomic mass is 10.2. The van der Waals surface area contributed by atoms with Crippen LogP contribution in [-0.2, 0) is 4.74 Å². The first-order valence-corrected chi connectivity index (χ1v) is 6.16. The SMILES string of the molecule is COCCN(CCO)C(=O)c1cncc(C#CCO)c1. The first-order chi connectivity index (χ1) is 9.72. The summed E-state index contributed by atoms with van der Waals surface area (Å²) < 4.78 is 4.94. The molecule has 0 unspecified atom stereocenters. The standard InChI is InChI=1S/C14H18N2O4/c1-20-8-5-16(4-7-18)14(19)13-9-12(3-2-6-17)10-15-11-13/h9-11,17-18H,4-8H2,1H3. The highest BCUT2D eigenvalue weighted by molar-refractivity contribution is 5.94. The number of hydrogen-bond acceptors (Lipinski definition) is 5. The Balaban J connectivity index is 2.87. The van der Waals surface area contributed by atoms with Crippen LogP contribution in [0.15, 0.2) is 18.5 Å². The minimum atomic E-state index is -0.247. The van der Waals surface area contributed by atoms with Gasteiger partial charge in [0.25, 0.3) is 5.91 Å². The Kier molecular flexibility index (Phi) is 7.29. The summed E-state index contributed by atoms with van der Waals surface area (Å²) in [4.78, 5) is 17.7. The molecule has 0 aliphatic carbocycles. The van der Waals surface area contributed by atoms with Crippen LogP contribution < -0.4 is 0 Å². The van der Waals surface area contributed by atoms with Crippen molar-refractivity contribution in [1.29, 1.82) is 0 Å². The third-order valence-electron chi connectivity index (χ3n) is 2.52. The summed E-state index contributed by atoms with van der Waals surface area (Å²) in [6.45, 7) is 0.649. The molecule has 6 heteroatoms. The van der Waals surface area contributed by atoms with Crippen molar-refractivity contribution in [2.24, 2.45) is 0 Å². The van der Waals surface area contributed by atoms with Gasteiger partial charge in [-0.15, -0.1) is 0 Å². The van der Waals surface area contributed by atoms with Gasteiger partial charge in [-0.25, -0.2) is 0 Å². The Labute approximate surface area is 118 Å². The summed E-state index contributed by atoms with van der Waals surface area (Å²) in [5.74, 6) is 4.96. The summed E-state index contributed by atoms with van der Waals surface area (Å²) in [5.41, 5.74) is 0.944. The van der Waals surface area contributed by atoms with Gasteiger partial charge in [0.15, 0.2) is 0 Å². The number of carbonyl (C=O) groups excluding carboxylic acids is 1. The van der Waals surface area contributed by atoms with Crippen LogP contribution in [0.4, 0.5) is 0 Å². The molecule has 0 spiro atoms. The van der Waals surface area contributed by atoms with Crippen molar-refractivity contribution in [3.63, 3.8) is 0 Å². The number of amides is 1. The second-order valence-corrected chi connectivity index (χ2v) is 3.93. The highest BCUT2D eigenvalue weighted by atomic mass is 16.5. The minimum Gasteiger partial charge on any atom is -0.395 e. The Bertz CT molecular complexity index is 493. The smallest absolute Gasteiger partial charge is 0.255 e. The molecule has 1 aromatic rings. The van der Waals surface area contributed by atoms with E-state index in [9.17, 15) is 4.79 Å². The van der Waals surface area contributed by atoms with E-state index in [0.29, 0.717) is 24.3 Å². The van der Waals surface area contributed by atoms with Gasteiger partial charge in [-0.1, -0.05) is 11.8 Å². The summed E-state index contributed by atoms with van der Waals surface area (Å²) in [6.07, 6.45) is 2.97. The van der Waals surface area contributed by atoms with Crippen molar-refractivity contribution in [3.05, 3.63) is 29.6 Å². The molecular weight excluding hydrogens is 260 g/mol. The van der Waals surface area contributed by atoms with Crippen LogP contribution in [-0.4, -0.2) is 66.0 Å². The number of aliphatic hydroxyl groups is 2. The Morgan fingerprint density at radius 2 is 2.20 bits per heavy atom. The summed E-state index contributed by atoms with van der Waals surface area (Å²) in [7, 11) is 1.55. The average molecular weight is 278 g/mol. The number of aromatic nitrogens is 1. The second kappa shape index (κ2) is 9.04. The number of nitrogens with zero attached hydrogens (tertiary/aromatic N) is 2. The zero-order valence-electron chi connectivity index (χ0n) is 11.4. The van der Waals surface area contributed by atoms with Crippen molar-refractivity contribution >= 4 is 5.91 Å². The van der Waals surface area contributed by atoms with Gasteiger partial charge in [0.2, 0.25) is 0 Å². The van der Waals surface area contributed by atoms with Gasteiger partial charge in [0.1, 0.15) is 6.61 Å². The third kappa shape index (κ3) is 4.97. The molecule has 1 aromatic heterocycles. The number of aliphatic hydroxyl groups excluding tert-OH is 2. The topological polar surface area (TPSA) is 82.9 Å². The zero-order valence-corrected chi connectivity index (χ0v) is 11.4. The van der Waals surface area contributed by atoms with Crippen LogP contribution >= 0.6 is 0 Å². The van der Waals surface area contributed by atoms with Crippen LogP contribution in [0.3, 0.4) is 0 Å². The number of pyridine rings is 1. The van der Waals surface area contributed by atoms with Crippen LogP contribution in [0.5, 0.6) is 0 Å². The van der Waals surface area contributed by atoms with Gasteiger partial charge in [-0.3, -0.25) is 9.78 Å². The number of methoxy groups -OCH3 is 1. The molecule has 0 aromatic carbocycles. The molecule has 0 saturated heterocycles. The number of hydrogen-bond donors (Lipinski definition) is 2. The summed E-state index contributed by atoms with van der Waals surface area (Å²) >= 11 is 0. The molecule has 0 aliphatic heterocycles. The maximum atomic E-state index is 12.3. The largest absolute Gasteiger partial charge is 0.395 e. The van der Waals surface area contributed by atoms with Gasteiger partial charge in [0, 0.05) is 38.2 Å². The van der Waals surface area contributed by atoms with Crippen molar-refractivity contribution in [3.8, 4) is 11.8 Å². The first kappa shape index (κ1) is 16.1. The Hall–Kier alpha value is -1.94. The quantitative estimate of drug-likeness (QED) is 0.686. The lowest BCUT2D eigenvalue weighted by molar-refractivity contribution is 0.0656. The number of rotatable bonds is 6. The minimum absolute atomic E-state index is 0.118. The molecule has 0 fully saturated rings. The third-order valence-corrected chi connectivity index (χ3v) is 2.52. The van der Waals surface area contributed by atoms with Gasteiger partial charge in [0.05, 0.1) is 18.8 Å². The van der Waals surface area contributed by atoms with Crippen molar-refractivity contribution in [2.45, 2.75) is 0 Å². The van der Waals surface area contributed by atoms with Crippen molar-refractivity contribution in [2.75, 3.05) is 40.0 Å². The summed E-state index contributed by atoms with van der Waals surface area (Å²) in [5, 5.41) is 17.7. The van der Waals surface area contributed by atoms with E-state index >= 15 is 0 Å². The van der Waals surface area contributed by atoms with E-state index in [1.165, 1.54) is 17.3 Å². The predicted octanol–water partition coefficient (Wildman–Crippen LogP) is -0.494. The van der Waals surface area contributed by atoms with Crippen molar-refractivity contribution < 1.29 is 19.7 Å². The molecule has 0 atom stereocenters. The zero-order chi connectivity index (χ0) is 14.8. The first-order valence-electron chi connectivity index (χ1n) is 6.16. The lowest BCUT2D eigenvalue weighted by Crippen LogP contribution is -2.36. The molecular formula is C14H18N2O4. The maximum Gasteiger partial charge on any atom is 0.255 e. The Morgan fingerprint density at radius 3 is 2.85 bits per heavy atom. The van der Waals surface area contributed by atoms with E-state index in [4.69, 9.17) is 14.9 Å². The summed E-state index contributed by atoms with van der Waals surface area (Å²) in [6, 6.07) is 1.61. The van der Waals surface area contributed by atoms with Crippen LogP contribution in [0.2, 0.25) is 0 Å². The number of ether oxygens (including phenoxy) is 1. The van der Waals surface area contributed by atoms with Crippen molar-refractivity contribution in [1.82, 2.24) is 9.88 Å². The van der Waals surface area contributed by atoms with Gasteiger partial charge in [-0.2, -0.15) is 0 Å². The fraction of sp³-hybridized carbons (Fsp3) is 0.429. The monoisotopic (exact) mass is 278 g/mol. The van der Waals surface area contributed by atoms with E-state index in [1.54, 1.807) is 13.2 Å². The normalized spacial score (nSPS) is 9.75. The molecule has 2 N–H and O–H groups in total. The lowest BCUT2D eigenvalue weighted by Gasteiger charge is -2.21. The van der Waals surface area contributed by atoms with Gasteiger partial charge >= 0.3 is 0 Å². The molecule has 0 aliphatic rings. The molecule has 0 radical (unpaired) electrons. The van der Waals surface area contributed by atoms with E-state index in [2.05, 4.69) is 16.8 Å². The molecule has 1 rings (SSSR count). The highest BCUT2D eigenvalue weighted by Crippen LogP contribution is 2.06. The molecule has 108 valence electrons. The average Bonchev–Trinajstić information content (AvgIpc) is 2.49. The molecule has 0 bridgehead atoms. The van der Waals surface area contributed by atoms with E-state index in [1.807, 2.05) is 0 Å². The predicted molar refractivity (Wildman–Crippen MR) is 73.1 cm³/mol. The molecule has 1 heterocycles. The fourth-order valence-electron chi connectivity index (χ4n) is 1.59. The molecule has 0 saturated carbocycles. The van der Waals surface area contributed by atoms with Crippen LogP contribution in [0.25, 0.3) is 0 Å². The van der Waals surface area contributed by atoms with E-state index in [0.717, 1.165) is 0 Å². The Morgan fingerprint density at radius 1 is 1.40 bits per heavy atom.